The van der Waals surface area contributed by atoms with Crippen LogP contribution in [-0.2, 0) is 0 Å². The summed E-state index contributed by atoms with van der Waals surface area (Å²) in [4.78, 5) is 1.83. The zero-order chi connectivity index (χ0) is 14.7. The molecule has 2 aromatic carbocycles. The fourth-order valence-corrected chi connectivity index (χ4v) is 2.30. The number of halogens is 2. The van der Waals surface area contributed by atoms with E-state index in [1.807, 2.05) is 11.8 Å². The van der Waals surface area contributed by atoms with Crippen LogP contribution in [0.2, 0.25) is 0 Å². The molecule has 20 heavy (non-hydrogen) atoms. The summed E-state index contributed by atoms with van der Waals surface area (Å²) in [6.07, 6.45) is 0. The highest BCUT2D eigenvalue weighted by Gasteiger charge is 2.17. The average Bonchev–Trinajstić information content (AvgIpc) is 2.41. The minimum Gasteiger partial charge on any atom is -0.389 e. The zero-order valence-electron chi connectivity index (χ0n) is 10.9. The summed E-state index contributed by atoms with van der Waals surface area (Å²) in [5.41, 5.74) is 7.14. The third-order valence-electron chi connectivity index (χ3n) is 2.98. The summed E-state index contributed by atoms with van der Waals surface area (Å²) < 4.78 is 26.9. The van der Waals surface area contributed by atoms with E-state index < -0.39 is 5.82 Å². The first kappa shape index (κ1) is 14.4. The van der Waals surface area contributed by atoms with Gasteiger partial charge in [0, 0.05) is 12.2 Å². The Bertz CT molecular complexity index is 626. The monoisotopic (exact) mass is 292 g/mol. The van der Waals surface area contributed by atoms with E-state index >= 15 is 0 Å². The number of hydrogen-bond donors (Lipinski definition) is 1. The molecule has 0 saturated carbocycles. The Kier molecular flexibility index (Phi) is 4.29. The Morgan fingerprint density at radius 2 is 1.80 bits per heavy atom. The maximum absolute atomic E-state index is 13.9. The molecule has 0 radical (unpaired) electrons. The Morgan fingerprint density at radius 1 is 1.15 bits per heavy atom. The molecule has 0 saturated heterocycles. The van der Waals surface area contributed by atoms with Crippen molar-refractivity contribution in [3.63, 3.8) is 0 Å². The molecular formula is C15H14F2N2S. The van der Waals surface area contributed by atoms with E-state index in [-0.39, 0.29) is 16.4 Å². The lowest BCUT2D eigenvalue weighted by Gasteiger charge is -2.25. The van der Waals surface area contributed by atoms with E-state index in [1.54, 1.807) is 24.3 Å². The number of anilines is 2. The molecule has 2 aromatic rings. The van der Waals surface area contributed by atoms with Gasteiger partial charge in [-0.05, 0) is 43.3 Å². The molecular weight excluding hydrogens is 278 g/mol. The Balaban J connectivity index is 2.55. The highest BCUT2D eigenvalue weighted by molar-refractivity contribution is 7.80. The average molecular weight is 292 g/mol. The van der Waals surface area contributed by atoms with Gasteiger partial charge in [0.05, 0.1) is 11.3 Å². The zero-order valence-corrected chi connectivity index (χ0v) is 11.8. The Hall–Kier alpha value is -2.01. The number of thiocarbonyl (C=S) groups is 1. The first-order chi connectivity index (χ1) is 9.54. The van der Waals surface area contributed by atoms with Crippen molar-refractivity contribution in [3.05, 3.63) is 59.7 Å². The van der Waals surface area contributed by atoms with Crippen molar-refractivity contribution in [1.29, 1.82) is 0 Å². The van der Waals surface area contributed by atoms with Gasteiger partial charge >= 0.3 is 0 Å². The van der Waals surface area contributed by atoms with Crippen molar-refractivity contribution in [1.82, 2.24) is 0 Å². The fraction of sp³-hybridized carbons (Fsp3) is 0.133. The molecule has 0 atom stereocenters. The second-order valence-corrected chi connectivity index (χ2v) is 4.66. The molecule has 0 aromatic heterocycles. The first-order valence-electron chi connectivity index (χ1n) is 6.16. The molecule has 0 aliphatic rings. The molecule has 2 nitrogen and oxygen atoms in total. The Morgan fingerprint density at radius 3 is 2.35 bits per heavy atom. The second-order valence-electron chi connectivity index (χ2n) is 4.22. The number of rotatable bonds is 4. The molecule has 0 unspecified atom stereocenters. The number of nitrogens with two attached hydrogens (primary N) is 1. The fourth-order valence-electron chi connectivity index (χ4n) is 2.09. The normalized spacial score (nSPS) is 10.3. The lowest BCUT2D eigenvalue weighted by Crippen LogP contribution is -2.22. The second kappa shape index (κ2) is 5.96. The SMILES string of the molecule is CCN(c1ccc(F)cc1)c1cccc(F)c1C(N)=S. The van der Waals surface area contributed by atoms with Crippen LogP contribution in [0.5, 0.6) is 0 Å². The summed E-state index contributed by atoms with van der Waals surface area (Å²) >= 11 is 4.93. The van der Waals surface area contributed by atoms with E-state index in [0.717, 1.165) is 5.69 Å². The summed E-state index contributed by atoms with van der Waals surface area (Å²) in [5.74, 6) is -0.783. The van der Waals surface area contributed by atoms with Crippen molar-refractivity contribution < 1.29 is 8.78 Å². The van der Waals surface area contributed by atoms with Crippen LogP contribution in [0.25, 0.3) is 0 Å². The van der Waals surface area contributed by atoms with E-state index in [9.17, 15) is 8.78 Å². The van der Waals surface area contributed by atoms with Crippen LogP contribution in [0, 0.1) is 11.6 Å². The van der Waals surface area contributed by atoms with E-state index in [2.05, 4.69) is 0 Å². The molecule has 0 fully saturated rings. The molecule has 104 valence electrons. The number of hydrogen-bond acceptors (Lipinski definition) is 2. The van der Waals surface area contributed by atoms with Gasteiger partial charge in [0.15, 0.2) is 0 Å². The van der Waals surface area contributed by atoms with Gasteiger partial charge in [0.2, 0.25) is 0 Å². The summed E-state index contributed by atoms with van der Waals surface area (Å²) in [6.45, 7) is 2.49. The van der Waals surface area contributed by atoms with Crippen LogP contribution in [0.1, 0.15) is 12.5 Å². The predicted octanol–water partition coefficient (Wildman–Crippen LogP) is 3.76. The van der Waals surface area contributed by atoms with Gasteiger partial charge in [-0.3, -0.25) is 0 Å². The van der Waals surface area contributed by atoms with Crippen LogP contribution in [0.15, 0.2) is 42.5 Å². The third kappa shape index (κ3) is 2.77. The smallest absolute Gasteiger partial charge is 0.135 e. The van der Waals surface area contributed by atoms with Crippen LogP contribution in [0.3, 0.4) is 0 Å². The van der Waals surface area contributed by atoms with Crippen LogP contribution in [-0.4, -0.2) is 11.5 Å². The van der Waals surface area contributed by atoms with Crippen molar-refractivity contribution >= 4 is 28.6 Å². The maximum atomic E-state index is 13.9. The van der Waals surface area contributed by atoms with E-state index in [4.69, 9.17) is 18.0 Å². The molecule has 0 aliphatic heterocycles. The van der Waals surface area contributed by atoms with Gasteiger partial charge in [-0.2, -0.15) is 0 Å². The van der Waals surface area contributed by atoms with Gasteiger partial charge in [0.1, 0.15) is 16.6 Å². The molecule has 2 N–H and O–H groups in total. The van der Waals surface area contributed by atoms with E-state index in [1.165, 1.54) is 18.2 Å². The largest absolute Gasteiger partial charge is 0.389 e. The van der Waals surface area contributed by atoms with Crippen LogP contribution >= 0.6 is 12.2 Å². The Labute approximate surface area is 121 Å². The highest BCUT2D eigenvalue weighted by atomic mass is 32.1. The van der Waals surface area contributed by atoms with Crippen molar-refractivity contribution in [2.24, 2.45) is 5.73 Å². The van der Waals surface area contributed by atoms with Crippen molar-refractivity contribution in [2.45, 2.75) is 6.92 Å². The molecule has 0 aliphatic carbocycles. The molecule has 0 spiro atoms. The third-order valence-corrected chi connectivity index (χ3v) is 3.19. The lowest BCUT2D eigenvalue weighted by molar-refractivity contribution is 0.624. The molecule has 5 heteroatoms. The van der Waals surface area contributed by atoms with Gasteiger partial charge in [-0.15, -0.1) is 0 Å². The number of benzene rings is 2. The molecule has 0 heterocycles. The quantitative estimate of drug-likeness (QED) is 0.870. The molecule has 0 bridgehead atoms. The van der Waals surface area contributed by atoms with Gasteiger partial charge < -0.3 is 10.6 Å². The summed E-state index contributed by atoms with van der Waals surface area (Å²) in [5, 5.41) is 0. The summed E-state index contributed by atoms with van der Waals surface area (Å²) in [7, 11) is 0. The topological polar surface area (TPSA) is 29.3 Å². The van der Waals surface area contributed by atoms with Gasteiger partial charge in [0.25, 0.3) is 0 Å². The van der Waals surface area contributed by atoms with Crippen LogP contribution < -0.4 is 10.6 Å². The lowest BCUT2D eigenvalue weighted by atomic mass is 10.1. The van der Waals surface area contributed by atoms with Crippen molar-refractivity contribution in [3.8, 4) is 0 Å². The van der Waals surface area contributed by atoms with Crippen LogP contribution in [0.4, 0.5) is 20.2 Å². The standard InChI is InChI=1S/C15H14F2N2S/c1-2-19(11-8-6-10(16)7-9-11)13-5-3-4-12(17)14(13)15(18)20/h3-9H,2H2,1H3,(H2,18,20). The molecule has 2 rings (SSSR count). The van der Waals surface area contributed by atoms with Gasteiger partial charge in [-0.1, -0.05) is 18.3 Å². The van der Waals surface area contributed by atoms with E-state index in [0.29, 0.717) is 12.2 Å². The molecule has 0 amide bonds. The predicted molar refractivity (Wildman–Crippen MR) is 81.4 cm³/mol. The maximum Gasteiger partial charge on any atom is 0.135 e. The summed E-state index contributed by atoms with van der Waals surface area (Å²) in [6, 6.07) is 10.6. The minimum absolute atomic E-state index is 0.00124. The van der Waals surface area contributed by atoms with Crippen molar-refractivity contribution in [2.75, 3.05) is 11.4 Å². The first-order valence-corrected chi connectivity index (χ1v) is 6.56. The minimum atomic E-state index is -0.462. The number of nitrogens with zero attached hydrogens (tertiary/aromatic N) is 1. The highest BCUT2D eigenvalue weighted by Crippen LogP contribution is 2.30. The van der Waals surface area contributed by atoms with Gasteiger partial charge in [-0.25, -0.2) is 8.78 Å².